The van der Waals surface area contributed by atoms with Crippen molar-refractivity contribution in [3.05, 3.63) is 95.1 Å². The van der Waals surface area contributed by atoms with Crippen molar-refractivity contribution in [2.45, 2.75) is 0 Å². The molecule has 1 N–H and O–H groups in total. The molecule has 0 fully saturated rings. The van der Waals surface area contributed by atoms with Crippen molar-refractivity contribution in [1.29, 1.82) is 0 Å². The Morgan fingerprint density at radius 2 is 1.78 bits per heavy atom. The van der Waals surface area contributed by atoms with E-state index in [4.69, 9.17) is 9.15 Å². The summed E-state index contributed by atoms with van der Waals surface area (Å²) in [6.07, 6.45) is 3.01. The number of carbonyl (C=O) groups is 1. The maximum Gasteiger partial charge on any atom is 0.349 e. The highest BCUT2D eigenvalue weighted by Crippen LogP contribution is 2.28. The lowest BCUT2D eigenvalue weighted by molar-refractivity contribution is 0.102. The number of rotatable bonds is 4. The first-order chi connectivity index (χ1) is 13.2. The van der Waals surface area contributed by atoms with Crippen LogP contribution >= 0.6 is 0 Å². The molecule has 2 heterocycles. The van der Waals surface area contributed by atoms with Crippen LogP contribution in [0.3, 0.4) is 0 Å². The number of nitrogens with one attached hydrogen (secondary N) is 1. The van der Waals surface area contributed by atoms with Crippen molar-refractivity contribution in [2.75, 3.05) is 5.32 Å². The third-order valence-electron chi connectivity index (χ3n) is 3.89. The molecule has 1 amide bonds. The minimum absolute atomic E-state index is 0.0942. The van der Waals surface area contributed by atoms with Crippen LogP contribution in [0.5, 0.6) is 11.5 Å². The second kappa shape index (κ2) is 7.13. The molecular weight excluding hydrogens is 344 g/mol. The van der Waals surface area contributed by atoms with Crippen LogP contribution in [0.15, 0.2) is 88.3 Å². The van der Waals surface area contributed by atoms with E-state index in [0.29, 0.717) is 28.2 Å². The van der Waals surface area contributed by atoms with Gasteiger partial charge in [-0.3, -0.25) is 9.78 Å². The van der Waals surface area contributed by atoms with E-state index in [1.807, 2.05) is 18.2 Å². The van der Waals surface area contributed by atoms with E-state index in [2.05, 4.69) is 10.3 Å². The van der Waals surface area contributed by atoms with Gasteiger partial charge in [-0.05, 0) is 24.3 Å². The smallest absolute Gasteiger partial charge is 0.349 e. The fourth-order valence-corrected chi connectivity index (χ4v) is 2.59. The summed E-state index contributed by atoms with van der Waals surface area (Å²) in [6.45, 7) is 0. The molecule has 0 unspecified atom stereocenters. The Labute approximate surface area is 154 Å². The zero-order chi connectivity index (χ0) is 18.6. The van der Waals surface area contributed by atoms with Gasteiger partial charge in [0, 0.05) is 17.6 Å². The van der Waals surface area contributed by atoms with Gasteiger partial charge in [-0.15, -0.1) is 0 Å². The van der Waals surface area contributed by atoms with Crippen molar-refractivity contribution in [1.82, 2.24) is 4.98 Å². The molecule has 27 heavy (non-hydrogen) atoms. The maximum atomic E-state index is 12.6. The van der Waals surface area contributed by atoms with E-state index in [9.17, 15) is 9.59 Å². The second-order valence-corrected chi connectivity index (χ2v) is 5.73. The summed E-state index contributed by atoms with van der Waals surface area (Å²) in [7, 11) is 0. The summed E-state index contributed by atoms with van der Waals surface area (Å²) in [5, 5.41) is 3.33. The zero-order valence-electron chi connectivity index (χ0n) is 14.1. The van der Waals surface area contributed by atoms with Crippen molar-refractivity contribution in [2.24, 2.45) is 0 Å². The van der Waals surface area contributed by atoms with Crippen molar-refractivity contribution in [3.8, 4) is 11.5 Å². The minimum atomic E-state index is -0.708. The first kappa shape index (κ1) is 16.5. The number of amides is 1. The first-order valence-corrected chi connectivity index (χ1v) is 8.22. The number of fused-ring (bicyclic) bond motifs is 1. The number of hydrogen-bond acceptors (Lipinski definition) is 5. The van der Waals surface area contributed by atoms with Crippen LogP contribution in [-0.2, 0) is 0 Å². The van der Waals surface area contributed by atoms with E-state index >= 15 is 0 Å². The van der Waals surface area contributed by atoms with Gasteiger partial charge < -0.3 is 14.5 Å². The quantitative estimate of drug-likeness (QED) is 0.552. The molecule has 2 aromatic carbocycles. The van der Waals surface area contributed by atoms with Crippen LogP contribution in [-0.4, -0.2) is 10.9 Å². The number of anilines is 1. The molecule has 2 aromatic heterocycles. The number of aromatic nitrogens is 1. The highest BCUT2D eigenvalue weighted by Gasteiger charge is 2.16. The van der Waals surface area contributed by atoms with E-state index in [0.717, 1.165) is 0 Å². The number of ether oxygens (including phenoxy) is 1. The van der Waals surface area contributed by atoms with Crippen LogP contribution in [0.25, 0.3) is 11.0 Å². The van der Waals surface area contributed by atoms with Gasteiger partial charge in [-0.25, -0.2) is 4.79 Å². The van der Waals surface area contributed by atoms with Gasteiger partial charge in [-0.1, -0.05) is 36.4 Å². The molecule has 0 spiro atoms. The lowest BCUT2D eigenvalue weighted by Gasteiger charge is -2.11. The molecule has 0 saturated carbocycles. The summed E-state index contributed by atoms with van der Waals surface area (Å²) in [4.78, 5) is 28.8. The van der Waals surface area contributed by atoms with Crippen LogP contribution < -0.4 is 15.7 Å². The molecule has 4 aromatic rings. The summed E-state index contributed by atoms with van der Waals surface area (Å²) < 4.78 is 11.0. The summed E-state index contributed by atoms with van der Waals surface area (Å²) in [5.41, 5.74) is -0.0312. The number of nitrogens with zero attached hydrogens (tertiary/aromatic N) is 1. The van der Waals surface area contributed by atoms with Crippen LogP contribution in [0.4, 0.5) is 5.69 Å². The van der Waals surface area contributed by atoms with Gasteiger partial charge >= 0.3 is 5.63 Å². The Bertz CT molecular complexity index is 1170. The fraction of sp³-hybridized carbons (Fsp3) is 0. The average Bonchev–Trinajstić information content (AvgIpc) is 2.69. The summed E-state index contributed by atoms with van der Waals surface area (Å²) >= 11 is 0. The van der Waals surface area contributed by atoms with Gasteiger partial charge in [0.1, 0.15) is 22.6 Å². The number of benzene rings is 2. The topological polar surface area (TPSA) is 81.4 Å². The van der Waals surface area contributed by atoms with Crippen molar-refractivity contribution >= 4 is 22.6 Å². The fourth-order valence-electron chi connectivity index (χ4n) is 2.59. The first-order valence-electron chi connectivity index (χ1n) is 8.22. The zero-order valence-corrected chi connectivity index (χ0v) is 14.1. The summed E-state index contributed by atoms with van der Waals surface area (Å²) in [5.74, 6) is 0.430. The third kappa shape index (κ3) is 3.55. The van der Waals surface area contributed by atoms with Gasteiger partial charge in [0.15, 0.2) is 5.75 Å². The van der Waals surface area contributed by atoms with Gasteiger partial charge in [0.05, 0.1) is 6.20 Å². The number of pyridine rings is 1. The monoisotopic (exact) mass is 358 g/mol. The Kier molecular flexibility index (Phi) is 4.37. The Morgan fingerprint density at radius 3 is 2.63 bits per heavy atom. The molecule has 6 nitrogen and oxygen atoms in total. The predicted octanol–water partition coefficient (Wildman–Crippen LogP) is 4.23. The average molecular weight is 358 g/mol. The standard InChI is InChI=1S/C21H14N2O4/c24-20(16-12-14-6-4-5-9-18(14)27-21(16)25)23-17-13-22-11-10-19(17)26-15-7-2-1-3-8-15/h1-13H,(H,23,24). The number of carbonyl (C=O) groups excluding carboxylic acids is 1. The molecule has 6 heteroatoms. The van der Waals surface area contributed by atoms with Gasteiger partial charge in [0.2, 0.25) is 0 Å². The Hall–Kier alpha value is -3.93. The Balaban J connectivity index is 1.64. The molecule has 0 aliphatic rings. The van der Waals surface area contributed by atoms with E-state index in [1.54, 1.807) is 48.7 Å². The molecule has 4 rings (SSSR count). The largest absolute Gasteiger partial charge is 0.455 e. The molecular formula is C21H14N2O4. The Morgan fingerprint density at radius 1 is 1.00 bits per heavy atom. The van der Waals surface area contributed by atoms with Crippen molar-refractivity contribution in [3.63, 3.8) is 0 Å². The lowest BCUT2D eigenvalue weighted by Crippen LogP contribution is -2.21. The molecule has 0 saturated heterocycles. The molecule has 0 atom stereocenters. The third-order valence-corrected chi connectivity index (χ3v) is 3.89. The van der Waals surface area contributed by atoms with E-state index < -0.39 is 11.5 Å². The van der Waals surface area contributed by atoms with Crippen molar-refractivity contribution < 1.29 is 13.9 Å². The molecule has 0 bridgehead atoms. The summed E-state index contributed by atoms with van der Waals surface area (Å²) in [6, 6.07) is 19.3. The van der Waals surface area contributed by atoms with E-state index in [1.165, 1.54) is 12.3 Å². The second-order valence-electron chi connectivity index (χ2n) is 5.73. The van der Waals surface area contributed by atoms with E-state index in [-0.39, 0.29) is 5.56 Å². The maximum absolute atomic E-state index is 12.6. The van der Waals surface area contributed by atoms with Crippen LogP contribution in [0, 0.1) is 0 Å². The normalized spacial score (nSPS) is 10.5. The minimum Gasteiger partial charge on any atom is -0.455 e. The molecule has 0 aliphatic carbocycles. The number of para-hydroxylation sites is 2. The van der Waals surface area contributed by atoms with Crippen LogP contribution in [0.2, 0.25) is 0 Å². The molecule has 132 valence electrons. The number of hydrogen-bond donors (Lipinski definition) is 1. The van der Waals surface area contributed by atoms with Gasteiger partial charge in [-0.2, -0.15) is 0 Å². The predicted molar refractivity (Wildman–Crippen MR) is 101 cm³/mol. The highest BCUT2D eigenvalue weighted by molar-refractivity contribution is 6.06. The van der Waals surface area contributed by atoms with Crippen LogP contribution in [0.1, 0.15) is 10.4 Å². The lowest BCUT2D eigenvalue weighted by atomic mass is 10.2. The highest BCUT2D eigenvalue weighted by atomic mass is 16.5. The molecule has 0 radical (unpaired) electrons. The SMILES string of the molecule is O=C(Nc1cnccc1Oc1ccccc1)c1cc2ccccc2oc1=O. The van der Waals surface area contributed by atoms with Gasteiger partial charge in [0.25, 0.3) is 5.91 Å². The molecule has 0 aliphatic heterocycles.